The third-order valence-electron chi connectivity index (χ3n) is 11.3. The Hall–Kier alpha value is -8.08. The third kappa shape index (κ3) is 13.0. The average Bonchev–Trinajstić information content (AvgIpc) is 3.38. The van der Waals surface area contributed by atoms with E-state index in [2.05, 4.69) is 29.2 Å². The van der Waals surface area contributed by atoms with Crippen LogP contribution in [0.4, 0.5) is 0 Å². The molecule has 334 valence electrons. The average molecular weight is 887 g/mol. The van der Waals surface area contributed by atoms with Crippen molar-refractivity contribution in [3.63, 3.8) is 0 Å². The van der Waals surface area contributed by atoms with Gasteiger partial charge < -0.3 is 14.2 Å². The van der Waals surface area contributed by atoms with Crippen LogP contribution in [0.1, 0.15) is 76.4 Å². The predicted molar refractivity (Wildman–Crippen MR) is 255 cm³/mol. The van der Waals surface area contributed by atoms with Crippen LogP contribution in [0.15, 0.2) is 206 Å². The van der Waals surface area contributed by atoms with Crippen LogP contribution < -0.4 is 0 Å². The van der Waals surface area contributed by atoms with Gasteiger partial charge >= 0.3 is 17.9 Å². The fourth-order valence-electron chi connectivity index (χ4n) is 8.00. The number of nitrogens with zero attached hydrogens (tertiary/aromatic N) is 4. The van der Waals surface area contributed by atoms with Gasteiger partial charge in [0, 0.05) is 55.0 Å². The smallest absolute Gasteiger partial charge is 0.357 e. The lowest BCUT2D eigenvalue weighted by Gasteiger charge is -2.45. The molecule has 0 atom stereocenters. The highest BCUT2D eigenvalue weighted by atomic mass is 16.5. The SMILES string of the molecule is O=C(OCc1ccccc1)c1cccc(CC(Cc2cccc(C(=O)OCc3ccccc3)n2)(Cc2cccc(C(=O)OCc3ccccc3)n2)N(Cc2ccccc2)Cc2ccccc2)n1. The maximum Gasteiger partial charge on any atom is 0.357 e. The Morgan fingerprint density at radius 3 is 0.896 bits per heavy atom. The summed E-state index contributed by atoms with van der Waals surface area (Å²) < 4.78 is 17.2. The Morgan fingerprint density at radius 1 is 0.343 bits per heavy atom. The van der Waals surface area contributed by atoms with E-state index in [1.807, 2.05) is 164 Å². The second kappa shape index (κ2) is 22.7. The molecule has 0 amide bonds. The molecular formula is C57H50N4O6. The lowest BCUT2D eigenvalue weighted by atomic mass is 9.80. The quantitative estimate of drug-likeness (QED) is 0.0540. The molecule has 3 aromatic heterocycles. The Bertz CT molecular complexity index is 2560. The topological polar surface area (TPSA) is 121 Å². The van der Waals surface area contributed by atoms with Gasteiger partial charge in [0.05, 0.1) is 0 Å². The highest BCUT2D eigenvalue weighted by Gasteiger charge is 2.40. The molecule has 8 aromatic rings. The molecule has 10 nitrogen and oxygen atoms in total. The van der Waals surface area contributed by atoms with E-state index in [1.165, 1.54) is 0 Å². The lowest BCUT2D eigenvalue weighted by Crippen LogP contribution is -2.53. The van der Waals surface area contributed by atoms with Gasteiger partial charge in [-0.05, 0) is 64.2 Å². The summed E-state index contributed by atoms with van der Waals surface area (Å²) in [7, 11) is 0. The van der Waals surface area contributed by atoms with Crippen LogP contribution >= 0.6 is 0 Å². The molecule has 0 aliphatic carbocycles. The number of carbonyl (C=O) groups excluding carboxylic acids is 3. The molecule has 0 saturated carbocycles. The number of pyridine rings is 3. The summed E-state index contributed by atoms with van der Waals surface area (Å²) in [5.41, 5.74) is 6.16. The summed E-state index contributed by atoms with van der Waals surface area (Å²) in [6.07, 6.45) is 0.879. The molecule has 0 saturated heterocycles. The summed E-state index contributed by atoms with van der Waals surface area (Å²) in [6.45, 7) is 1.29. The van der Waals surface area contributed by atoms with Gasteiger partial charge in [0.2, 0.25) is 0 Å². The van der Waals surface area contributed by atoms with E-state index in [-0.39, 0.29) is 36.9 Å². The second-order valence-electron chi connectivity index (χ2n) is 16.3. The molecule has 3 heterocycles. The number of aromatic nitrogens is 3. The summed E-state index contributed by atoms with van der Waals surface area (Å²) in [5.74, 6) is -1.64. The van der Waals surface area contributed by atoms with Gasteiger partial charge in [0.1, 0.15) is 36.9 Å². The number of esters is 3. The summed E-state index contributed by atoms with van der Waals surface area (Å²) in [5, 5.41) is 0. The van der Waals surface area contributed by atoms with Crippen molar-refractivity contribution in [1.29, 1.82) is 0 Å². The summed E-state index contributed by atoms with van der Waals surface area (Å²) in [4.78, 5) is 58.1. The number of carbonyl (C=O) groups is 3. The van der Waals surface area contributed by atoms with E-state index in [1.54, 1.807) is 18.2 Å². The highest BCUT2D eigenvalue weighted by Crippen LogP contribution is 2.33. The molecule has 0 spiro atoms. The minimum Gasteiger partial charge on any atom is -0.456 e. The first-order valence-electron chi connectivity index (χ1n) is 22.2. The molecule has 0 N–H and O–H groups in total. The molecular weight excluding hydrogens is 837 g/mol. The first kappa shape index (κ1) is 45.5. The maximum absolute atomic E-state index is 13.6. The van der Waals surface area contributed by atoms with E-state index >= 15 is 0 Å². The monoisotopic (exact) mass is 886 g/mol. The van der Waals surface area contributed by atoms with Gasteiger partial charge in [0.25, 0.3) is 0 Å². The van der Waals surface area contributed by atoms with E-state index in [9.17, 15) is 14.4 Å². The fourth-order valence-corrected chi connectivity index (χ4v) is 8.00. The lowest BCUT2D eigenvalue weighted by molar-refractivity contribution is 0.0457. The first-order valence-corrected chi connectivity index (χ1v) is 22.2. The van der Waals surface area contributed by atoms with Gasteiger partial charge in [0.15, 0.2) is 0 Å². The Balaban J connectivity index is 1.21. The summed E-state index contributed by atoms with van der Waals surface area (Å²) in [6, 6.07) is 65.0. The van der Waals surface area contributed by atoms with Crippen molar-refractivity contribution in [1.82, 2.24) is 19.9 Å². The number of hydrogen-bond acceptors (Lipinski definition) is 10. The van der Waals surface area contributed by atoms with Crippen molar-refractivity contribution >= 4 is 17.9 Å². The van der Waals surface area contributed by atoms with Crippen LogP contribution in [-0.4, -0.2) is 43.3 Å². The van der Waals surface area contributed by atoms with Crippen molar-refractivity contribution < 1.29 is 28.6 Å². The molecule has 0 bridgehead atoms. The minimum absolute atomic E-state index is 0.100. The standard InChI is InChI=1S/C57H50N4O6/c62-54(65-40-45-23-10-3-11-24-45)51-32-16-29-48(58-51)35-57(61(38-43-19-6-1-7-20-43)39-44-21-8-2-9-22-44,36-49-30-17-33-52(59-49)55(63)66-41-46-25-12-4-13-26-46)37-50-31-18-34-53(60-50)56(64)67-42-47-27-14-5-15-28-47/h1-34H,35-42H2. The molecule has 10 heteroatoms. The number of benzene rings is 5. The Morgan fingerprint density at radius 2 is 0.612 bits per heavy atom. The zero-order chi connectivity index (χ0) is 46.1. The van der Waals surface area contributed by atoms with E-state index in [4.69, 9.17) is 29.2 Å². The van der Waals surface area contributed by atoms with Crippen LogP contribution in [0.2, 0.25) is 0 Å². The minimum atomic E-state index is -0.926. The maximum atomic E-state index is 13.6. The van der Waals surface area contributed by atoms with E-state index in [0.717, 1.165) is 27.8 Å². The van der Waals surface area contributed by atoms with Crippen LogP contribution in [0.5, 0.6) is 0 Å². The van der Waals surface area contributed by atoms with Crippen LogP contribution in [0.3, 0.4) is 0 Å². The predicted octanol–water partition coefficient (Wildman–Crippen LogP) is 10.4. The molecule has 0 aliphatic heterocycles. The van der Waals surface area contributed by atoms with Gasteiger partial charge in [-0.25, -0.2) is 29.3 Å². The van der Waals surface area contributed by atoms with E-state index < -0.39 is 23.4 Å². The van der Waals surface area contributed by atoms with Crippen LogP contribution in [0.25, 0.3) is 0 Å². The Kier molecular flexibility index (Phi) is 15.4. The second-order valence-corrected chi connectivity index (χ2v) is 16.3. The Labute approximate surface area is 390 Å². The third-order valence-corrected chi connectivity index (χ3v) is 11.3. The van der Waals surface area contributed by atoms with Crippen molar-refractivity contribution in [2.24, 2.45) is 0 Å². The number of ether oxygens (including phenoxy) is 3. The van der Waals surface area contributed by atoms with Crippen molar-refractivity contribution in [3.8, 4) is 0 Å². The number of rotatable bonds is 20. The van der Waals surface area contributed by atoms with Crippen molar-refractivity contribution in [3.05, 3.63) is 268 Å². The van der Waals surface area contributed by atoms with Gasteiger partial charge in [-0.15, -0.1) is 0 Å². The van der Waals surface area contributed by atoms with Crippen molar-refractivity contribution in [2.75, 3.05) is 0 Å². The molecule has 0 fully saturated rings. The largest absolute Gasteiger partial charge is 0.456 e. The zero-order valence-electron chi connectivity index (χ0n) is 37.0. The highest BCUT2D eigenvalue weighted by molar-refractivity contribution is 5.88. The molecule has 5 aromatic carbocycles. The zero-order valence-corrected chi connectivity index (χ0v) is 37.0. The fraction of sp³-hybridized carbons (Fsp3) is 0.158. The normalized spacial score (nSPS) is 11.2. The van der Waals surface area contributed by atoms with E-state index in [0.29, 0.717) is 49.4 Å². The molecule has 0 unspecified atom stereocenters. The van der Waals surface area contributed by atoms with Crippen molar-refractivity contribution in [2.45, 2.75) is 57.7 Å². The van der Waals surface area contributed by atoms with Crippen LogP contribution in [-0.2, 0) is 66.4 Å². The molecule has 67 heavy (non-hydrogen) atoms. The molecule has 0 aliphatic rings. The van der Waals surface area contributed by atoms with Gasteiger partial charge in [-0.3, -0.25) is 4.90 Å². The van der Waals surface area contributed by atoms with Gasteiger partial charge in [-0.2, -0.15) is 0 Å². The number of hydrogen-bond donors (Lipinski definition) is 0. The first-order chi connectivity index (χ1) is 32.9. The van der Waals surface area contributed by atoms with Crippen LogP contribution in [0, 0.1) is 0 Å². The van der Waals surface area contributed by atoms with Gasteiger partial charge in [-0.1, -0.05) is 170 Å². The molecule has 0 radical (unpaired) electrons. The molecule has 8 rings (SSSR count). The summed E-state index contributed by atoms with van der Waals surface area (Å²) >= 11 is 0.